The summed E-state index contributed by atoms with van der Waals surface area (Å²) in [6, 6.07) is 11.7. The maximum Gasteiger partial charge on any atom is 0.545 e. The van der Waals surface area contributed by atoms with Gasteiger partial charge < -0.3 is 0 Å². The number of benzene rings is 2. The zero-order chi connectivity index (χ0) is 14.7. The molecule has 1 unspecified atom stereocenters. The maximum atomic E-state index is 11.9. The van der Waals surface area contributed by atoms with Gasteiger partial charge in [0.15, 0.2) is 0 Å². The summed E-state index contributed by atoms with van der Waals surface area (Å²) in [5.41, 5.74) is 5.56. The highest BCUT2D eigenvalue weighted by Gasteiger charge is 2.19. The molecule has 0 amide bonds. The molecule has 102 valence electrons. The van der Waals surface area contributed by atoms with Crippen molar-refractivity contribution in [2.24, 2.45) is 0 Å². The molecule has 2 aromatic rings. The molecule has 0 aliphatic rings. The van der Waals surface area contributed by atoms with E-state index in [1.54, 1.807) is 0 Å². The lowest BCUT2D eigenvalue weighted by atomic mass is 9.90. The number of hydrogen-bond acceptors (Lipinski definition) is 3. The largest absolute Gasteiger partial charge is 0.545 e. The normalized spacial score (nSPS) is 10.6. The van der Waals surface area contributed by atoms with E-state index in [1.165, 1.54) is 0 Å². The number of carbonyl (C=O) groups excluding carboxylic acids is 1. The van der Waals surface area contributed by atoms with Crippen LogP contribution in [0.25, 0.3) is 11.1 Å². The monoisotopic (exact) mass is 287 g/mol. The fraction of sp³-hybridized carbons (Fsp3) is 0.188. The van der Waals surface area contributed by atoms with Crippen LogP contribution in [0.15, 0.2) is 36.4 Å². The van der Waals surface area contributed by atoms with Crippen molar-refractivity contribution in [3.8, 4) is 11.1 Å². The second kappa shape index (κ2) is 5.98. The van der Waals surface area contributed by atoms with E-state index in [-0.39, 0.29) is 0 Å². The first kappa shape index (κ1) is 14.4. The van der Waals surface area contributed by atoms with Crippen molar-refractivity contribution in [2.45, 2.75) is 20.8 Å². The molecule has 0 heterocycles. The minimum Gasteiger partial charge on any atom is -0.241 e. The van der Waals surface area contributed by atoms with Gasteiger partial charge in [-0.3, -0.25) is 0 Å². The Morgan fingerprint density at radius 2 is 1.65 bits per heavy atom. The fourth-order valence-corrected chi connectivity index (χ4v) is 2.45. The summed E-state index contributed by atoms with van der Waals surface area (Å²) < 4.78 is 15.1. The molecule has 4 heteroatoms. The lowest BCUT2D eigenvalue weighted by Crippen LogP contribution is -2.05. The third-order valence-corrected chi connectivity index (χ3v) is 3.93. The molecule has 0 bridgehead atoms. The average molecular weight is 287 g/mol. The first-order valence-corrected chi connectivity index (χ1v) is 7.12. The summed E-state index contributed by atoms with van der Waals surface area (Å²) in [7, 11) is -1.08. The van der Waals surface area contributed by atoms with Crippen LogP contribution in [0.5, 0.6) is 0 Å². The van der Waals surface area contributed by atoms with Crippen LogP contribution in [-0.2, 0) is 9.09 Å². The van der Waals surface area contributed by atoms with Gasteiger partial charge in [-0.25, -0.2) is 9.32 Å². The molecule has 1 atom stereocenters. The van der Waals surface area contributed by atoms with Gasteiger partial charge in [0.05, 0.1) is 5.56 Å². The Morgan fingerprint density at radius 3 is 2.25 bits per heavy atom. The fourth-order valence-electron chi connectivity index (χ4n) is 2.27. The van der Waals surface area contributed by atoms with Crippen LogP contribution in [-0.4, -0.2) is 5.97 Å². The van der Waals surface area contributed by atoms with Crippen LogP contribution < -0.4 is 0 Å². The van der Waals surface area contributed by atoms with Crippen molar-refractivity contribution in [1.29, 1.82) is 0 Å². The summed E-state index contributed by atoms with van der Waals surface area (Å²) >= 11 is 0. The van der Waals surface area contributed by atoms with Gasteiger partial charge in [-0.2, -0.15) is 0 Å². The van der Waals surface area contributed by atoms with E-state index in [1.807, 2.05) is 57.2 Å². The Labute approximate surface area is 119 Å². The van der Waals surface area contributed by atoms with E-state index >= 15 is 0 Å². The second-order valence-corrected chi connectivity index (χ2v) is 5.06. The summed E-state index contributed by atoms with van der Waals surface area (Å²) in [5, 5.41) is 0. The highest BCUT2D eigenvalue weighted by Crippen LogP contribution is 2.30. The first-order chi connectivity index (χ1) is 9.56. The smallest absolute Gasteiger partial charge is 0.241 e. The Hall–Kier alpha value is -1.99. The van der Waals surface area contributed by atoms with E-state index < -0.39 is 14.7 Å². The standard InChI is InChI=1S/C16H16O3P/c1-10-11(2)14(13-7-5-4-6-8-13)9-15(12(10)3)16(17)19-20-18/h4-9,20H,1-3H3/q+1. The predicted molar refractivity (Wildman–Crippen MR) is 80.5 cm³/mol. The molecule has 2 aromatic carbocycles. The highest BCUT2D eigenvalue weighted by atomic mass is 31.1. The lowest BCUT2D eigenvalue weighted by Gasteiger charge is -2.14. The van der Waals surface area contributed by atoms with Gasteiger partial charge >= 0.3 is 14.7 Å². The number of carbonyl (C=O) groups is 1. The Morgan fingerprint density at radius 1 is 1.00 bits per heavy atom. The molecule has 0 spiro atoms. The molecule has 0 aromatic heterocycles. The van der Waals surface area contributed by atoms with E-state index in [2.05, 4.69) is 4.52 Å². The molecule has 0 saturated heterocycles. The van der Waals surface area contributed by atoms with Gasteiger partial charge in [0, 0.05) is 0 Å². The van der Waals surface area contributed by atoms with E-state index in [4.69, 9.17) is 0 Å². The molecule has 3 nitrogen and oxygen atoms in total. The lowest BCUT2D eigenvalue weighted by molar-refractivity contribution is 0.0755. The third-order valence-electron chi connectivity index (χ3n) is 3.66. The molecule has 0 aliphatic carbocycles. The number of hydrogen-bond donors (Lipinski definition) is 0. The summed E-state index contributed by atoms with van der Waals surface area (Å²) in [6.07, 6.45) is 0. The molecule has 0 N–H and O–H groups in total. The van der Waals surface area contributed by atoms with Crippen molar-refractivity contribution in [3.05, 3.63) is 58.7 Å². The van der Waals surface area contributed by atoms with E-state index in [0.29, 0.717) is 5.56 Å². The van der Waals surface area contributed by atoms with Crippen molar-refractivity contribution in [3.63, 3.8) is 0 Å². The summed E-state index contributed by atoms with van der Waals surface area (Å²) in [5.74, 6) is -0.545. The van der Waals surface area contributed by atoms with Crippen LogP contribution in [0.3, 0.4) is 0 Å². The highest BCUT2D eigenvalue weighted by molar-refractivity contribution is 7.18. The minimum absolute atomic E-state index is 0.468. The van der Waals surface area contributed by atoms with Crippen LogP contribution in [0.4, 0.5) is 0 Å². The van der Waals surface area contributed by atoms with E-state index in [0.717, 1.165) is 27.8 Å². The maximum absolute atomic E-state index is 11.9. The van der Waals surface area contributed by atoms with Crippen molar-refractivity contribution < 1.29 is 13.9 Å². The third kappa shape index (κ3) is 2.63. The van der Waals surface area contributed by atoms with Gasteiger partial charge in [-0.1, -0.05) is 30.3 Å². The van der Waals surface area contributed by atoms with Crippen molar-refractivity contribution in [1.82, 2.24) is 0 Å². The molecule has 20 heavy (non-hydrogen) atoms. The molecule has 0 aliphatic heterocycles. The van der Waals surface area contributed by atoms with Crippen molar-refractivity contribution in [2.75, 3.05) is 0 Å². The molecule has 0 radical (unpaired) electrons. The molecular formula is C16H16O3P+. The Balaban J connectivity index is 2.65. The Bertz CT molecular complexity index is 663. The van der Waals surface area contributed by atoms with E-state index in [9.17, 15) is 9.36 Å². The van der Waals surface area contributed by atoms with Crippen LogP contribution in [0, 0.1) is 20.8 Å². The zero-order valence-corrected chi connectivity index (χ0v) is 12.7. The topological polar surface area (TPSA) is 43.4 Å². The van der Waals surface area contributed by atoms with Gasteiger partial charge in [0.25, 0.3) is 0 Å². The summed E-state index contributed by atoms with van der Waals surface area (Å²) in [6.45, 7) is 5.89. The zero-order valence-electron chi connectivity index (χ0n) is 11.7. The number of rotatable bonds is 3. The quantitative estimate of drug-likeness (QED) is 0.787. The summed E-state index contributed by atoms with van der Waals surface area (Å²) in [4.78, 5) is 11.9. The molecular weight excluding hydrogens is 271 g/mol. The predicted octanol–water partition coefficient (Wildman–Crippen LogP) is 4.37. The second-order valence-electron chi connectivity index (χ2n) is 4.69. The Kier molecular flexibility index (Phi) is 4.31. The minimum atomic E-state index is -1.08. The van der Waals surface area contributed by atoms with Gasteiger partial charge in [-0.05, 0) is 59.2 Å². The van der Waals surface area contributed by atoms with Crippen LogP contribution in [0.2, 0.25) is 0 Å². The average Bonchev–Trinajstić information content (AvgIpc) is 2.46. The van der Waals surface area contributed by atoms with Gasteiger partial charge in [0.1, 0.15) is 0 Å². The molecule has 0 saturated carbocycles. The molecule has 2 rings (SSSR count). The first-order valence-electron chi connectivity index (χ1n) is 6.30. The molecule has 0 fully saturated rings. The van der Waals surface area contributed by atoms with Gasteiger partial charge in [-0.15, -0.1) is 0 Å². The van der Waals surface area contributed by atoms with Crippen LogP contribution >= 0.6 is 8.69 Å². The SMILES string of the molecule is Cc1c(C(=O)O[PH+]=O)cc(-c2ccccc2)c(C)c1C. The van der Waals surface area contributed by atoms with Gasteiger partial charge in [0.2, 0.25) is 0 Å². The van der Waals surface area contributed by atoms with Crippen LogP contribution in [0.1, 0.15) is 27.0 Å². The van der Waals surface area contributed by atoms with Crippen molar-refractivity contribution >= 4 is 14.7 Å².